The van der Waals surface area contributed by atoms with Crippen LogP contribution in [0.15, 0.2) is 4.63 Å². The zero-order chi connectivity index (χ0) is 11.3. The van der Waals surface area contributed by atoms with Crippen molar-refractivity contribution in [1.29, 1.82) is 0 Å². The first-order valence-corrected chi connectivity index (χ1v) is 4.63. The third-order valence-electron chi connectivity index (χ3n) is 1.73. The molecule has 0 aliphatic carbocycles. The van der Waals surface area contributed by atoms with Crippen molar-refractivity contribution in [1.82, 2.24) is 15.6 Å². The van der Waals surface area contributed by atoms with Gasteiger partial charge in [-0.25, -0.2) is 4.63 Å². The number of carbonyl (C=O) groups is 1. The average molecular weight is 214 g/mol. The molecule has 1 aromatic heterocycles. The highest BCUT2D eigenvalue weighted by Crippen LogP contribution is 2.03. The van der Waals surface area contributed by atoms with E-state index in [1.54, 1.807) is 0 Å². The van der Waals surface area contributed by atoms with Gasteiger partial charge in [0.05, 0.1) is 6.10 Å². The van der Waals surface area contributed by atoms with Crippen molar-refractivity contribution < 1.29 is 14.2 Å². The Balaban J connectivity index is 2.40. The van der Waals surface area contributed by atoms with Crippen LogP contribution in [0.4, 0.5) is 5.82 Å². The summed E-state index contributed by atoms with van der Waals surface area (Å²) in [6.45, 7) is 4.73. The first-order chi connectivity index (χ1) is 7.15. The highest BCUT2D eigenvalue weighted by atomic mass is 16.6. The lowest BCUT2D eigenvalue weighted by Crippen LogP contribution is -2.32. The number of hydrogen-bond donors (Lipinski definition) is 2. The molecule has 0 saturated heterocycles. The van der Waals surface area contributed by atoms with Crippen molar-refractivity contribution in [3.05, 3.63) is 5.69 Å². The third kappa shape index (κ3) is 3.21. The van der Waals surface area contributed by atoms with Gasteiger partial charge in [0.15, 0.2) is 0 Å². The minimum Gasteiger partial charge on any atom is -0.379 e. The molecule has 1 atom stereocenters. The predicted molar refractivity (Wildman–Crippen MR) is 52.1 cm³/mol. The second-order valence-electron chi connectivity index (χ2n) is 2.97. The molecule has 1 unspecified atom stereocenters. The molecule has 7 heteroatoms. The molecular formula is C8H14N4O3. The number of rotatable bonds is 5. The van der Waals surface area contributed by atoms with Crippen LogP contribution >= 0.6 is 0 Å². The van der Waals surface area contributed by atoms with Crippen LogP contribution in [0.1, 0.15) is 24.3 Å². The Hall–Kier alpha value is -1.63. The molecule has 0 fully saturated rings. The van der Waals surface area contributed by atoms with E-state index >= 15 is 0 Å². The molecule has 1 heterocycles. The minimum absolute atomic E-state index is 0.00121. The van der Waals surface area contributed by atoms with Gasteiger partial charge in [-0.15, -0.1) is 0 Å². The van der Waals surface area contributed by atoms with Crippen LogP contribution in [0.3, 0.4) is 0 Å². The molecule has 0 radical (unpaired) electrons. The lowest BCUT2D eigenvalue weighted by molar-refractivity contribution is 0.0692. The van der Waals surface area contributed by atoms with Gasteiger partial charge >= 0.3 is 0 Å². The summed E-state index contributed by atoms with van der Waals surface area (Å²) in [5.74, 6) is -0.433. The molecule has 0 spiro atoms. The normalized spacial score (nSPS) is 12.4. The summed E-state index contributed by atoms with van der Waals surface area (Å²) in [6.07, 6.45) is -0.0555. The summed E-state index contributed by atoms with van der Waals surface area (Å²) in [4.78, 5) is 11.4. The van der Waals surface area contributed by atoms with Crippen LogP contribution in [0.25, 0.3) is 0 Å². The van der Waals surface area contributed by atoms with Crippen LogP contribution < -0.4 is 11.1 Å². The quantitative estimate of drug-likeness (QED) is 0.703. The first-order valence-electron chi connectivity index (χ1n) is 4.63. The summed E-state index contributed by atoms with van der Waals surface area (Å²) in [5, 5.41) is 9.28. The highest BCUT2D eigenvalue weighted by molar-refractivity contribution is 5.95. The topological polar surface area (TPSA) is 103 Å². The van der Waals surface area contributed by atoms with Crippen molar-refractivity contribution in [2.24, 2.45) is 0 Å². The number of hydrogen-bond acceptors (Lipinski definition) is 6. The molecule has 15 heavy (non-hydrogen) atoms. The van der Waals surface area contributed by atoms with Gasteiger partial charge in [-0.2, -0.15) is 0 Å². The van der Waals surface area contributed by atoms with E-state index in [9.17, 15) is 4.79 Å². The fraction of sp³-hybridized carbons (Fsp3) is 0.625. The number of ether oxygens (including phenoxy) is 1. The molecule has 1 aromatic rings. The van der Waals surface area contributed by atoms with Gasteiger partial charge in [-0.05, 0) is 24.2 Å². The van der Waals surface area contributed by atoms with Crippen molar-refractivity contribution in [2.45, 2.75) is 20.0 Å². The lowest BCUT2D eigenvalue weighted by Gasteiger charge is -2.11. The second kappa shape index (κ2) is 5.30. The molecule has 0 aromatic carbocycles. The van der Waals surface area contributed by atoms with E-state index in [0.29, 0.717) is 13.2 Å². The van der Waals surface area contributed by atoms with E-state index in [4.69, 9.17) is 10.5 Å². The highest BCUT2D eigenvalue weighted by Gasteiger charge is 2.16. The van der Waals surface area contributed by atoms with Gasteiger partial charge < -0.3 is 15.8 Å². The van der Waals surface area contributed by atoms with Gasteiger partial charge in [0, 0.05) is 13.2 Å². The summed E-state index contributed by atoms with van der Waals surface area (Å²) >= 11 is 0. The summed E-state index contributed by atoms with van der Waals surface area (Å²) in [7, 11) is 0. The van der Waals surface area contributed by atoms with E-state index in [2.05, 4.69) is 20.3 Å². The standard InChI is InChI=1S/C8H14N4O3/c1-3-14-5(2)4-10-8(13)6-7(9)12-15-11-6/h5H,3-4H2,1-2H3,(H2,9,12)(H,10,13). The van der Waals surface area contributed by atoms with Crippen molar-refractivity contribution in [2.75, 3.05) is 18.9 Å². The molecule has 0 aliphatic heterocycles. The Kier molecular flexibility index (Phi) is 4.04. The molecule has 0 aliphatic rings. The number of nitrogens with one attached hydrogen (secondary N) is 1. The molecule has 0 saturated carbocycles. The number of nitrogens with zero attached hydrogens (tertiary/aromatic N) is 2. The average Bonchev–Trinajstić information content (AvgIpc) is 2.61. The summed E-state index contributed by atoms with van der Waals surface area (Å²) < 4.78 is 9.54. The minimum atomic E-state index is -0.416. The SMILES string of the molecule is CCOC(C)CNC(=O)c1nonc1N. The zero-order valence-electron chi connectivity index (χ0n) is 8.69. The number of aromatic nitrogens is 2. The van der Waals surface area contributed by atoms with Crippen molar-refractivity contribution in [3.63, 3.8) is 0 Å². The van der Waals surface area contributed by atoms with E-state index in [0.717, 1.165) is 0 Å². The zero-order valence-corrected chi connectivity index (χ0v) is 8.69. The largest absolute Gasteiger partial charge is 0.379 e. The van der Waals surface area contributed by atoms with Crippen LogP contribution in [0, 0.1) is 0 Å². The molecule has 1 rings (SSSR count). The predicted octanol–water partition coefficient (Wildman–Crippen LogP) is -0.193. The third-order valence-corrected chi connectivity index (χ3v) is 1.73. The number of nitrogen functional groups attached to an aromatic ring is 1. The van der Waals surface area contributed by atoms with Crippen molar-refractivity contribution in [3.8, 4) is 0 Å². The molecular weight excluding hydrogens is 200 g/mol. The van der Waals surface area contributed by atoms with Gasteiger partial charge in [-0.3, -0.25) is 4.79 Å². The monoisotopic (exact) mass is 214 g/mol. The maximum atomic E-state index is 11.4. The molecule has 84 valence electrons. The Morgan fingerprint density at radius 1 is 1.67 bits per heavy atom. The smallest absolute Gasteiger partial charge is 0.277 e. The van der Waals surface area contributed by atoms with E-state index < -0.39 is 5.91 Å². The summed E-state index contributed by atoms with van der Waals surface area (Å²) in [5.41, 5.74) is 5.35. The number of carbonyl (C=O) groups excluding carboxylic acids is 1. The van der Waals surface area contributed by atoms with Crippen LogP contribution in [-0.2, 0) is 4.74 Å². The van der Waals surface area contributed by atoms with Gasteiger partial charge in [0.1, 0.15) is 0 Å². The second-order valence-corrected chi connectivity index (χ2v) is 2.97. The van der Waals surface area contributed by atoms with E-state index in [1.807, 2.05) is 13.8 Å². The fourth-order valence-corrected chi connectivity index (χ4v) is 1.02. The Labute approximate surface area is 86.9 Å². The molecule has 7 nitrogen and oxygen atoms in total. The number of anilines is 1. The Morgan fingerprint density at radius 2 is 2.40 bits per heavy atom. The molecule has 3 N–H and O–H groups in total. The Bertz CT molecular complexity index is 325. The van der Waals surface area contributed by atoms with E-state index in [1.165, 1.54) is 0 Å². The van der Waals surface area contributed by atoms with Crippen LogP contribution in [0.2, 0.25) is 0 Å². The van der Waals surface area contributed by atoms with Crippen LogP contribution in [0.5, 0.6) is 0 Å². The fourth-order valence-electron chi connectivity index (χ4n) is 1.02. The van der Waals surface area contributed by atoms with Crippen LogP contribution in [-0.4, -0.2) is 35.5 Å². The Morgan fingerprint density at radius 3 is 2.93 bits per heavy atom. The van der Waals surface area contributed by atoms with Gasteiger partial charge in [0.25, 0.3) is 5.91 Å². The van der Waals surface area contributed by atoms with E-state index in [-0.39, 0.29) is 17.6 Å². The number of nitrogens with two attached hydrogens (primary N) is 1. The lowest BCUT2D eigenvalue weighted by atomic mass is 10.3. The first kappa shape index (κ1) is 11.4. The molecule has 1 amide bonds. The van der Waals surface area contributed by atoms with Gasteiger partial charge in [-0.1, -0.05) is 0 Å². The summed E-state index contributed by atoms with van der Waals surface area (Å²) in [6, 6.07) is 0. The number of amides is 1. The van der Waals surface area contributed by atoms with Crippen molar-refractivity contribution >= 4 is 11.7 Å². The maximum Gasteiger partial charge on any atom is 0.277 e. The molecule has 0 bridgehead atoms. The van der Waals surface area contributed by atoms with Gasteiger partial charge in [0.2, 0.25) is 11.5 Å². The maximum absolute atomic E-state index is 11.4.